The lowest BCUT2D eigenvalue weighted by molar-refractivity contribution is -0.124. The Bertz CT molecular complexity index is 995. The quantitative estimate of drug-likeness (QED) is 0.625. The number of hydrogen-bond acceptors (Lipinski definition) is 4. The number of benzene rings is 2. The van der Waals surface area contributed by atoms with Gasteiger partial charge in [-0.1, -0.05) is 32.0 Å². The number of carbonyl (C=O) groups excluding carboxylic acids is 3. The van der Waals surface area contributed by atoms with E-state index in [1.165, 1.54) is 0 Å². The predicted molar refractivity (Wildman–Crippen MR) is 132 cm³/mol. The smallest absolute Gasteiger partial charge is 0.254 e. The number of methoxy groups -OCH3 is 1. The normalized spacial score (nSPS) is 15.0. The number of ether oxygens (including phenoxy) is 1. The van der Waals surface area contributed by atoms with E-state index in [0.29, 0.717) is 55.3 Å². The van der Waals surface area contributed by atoms with Gasteiger partial charge >= 0.3 is 0 Å². The lowest BCUT2D eigenvalue weighted by Gasteiger charge is -2.36. The highest BCUT2D eigenvalue weighted by molar-refractivity contribution is 5.98. The van der Waals surface area contributed by atoms with Crippen LogP contribution in [0.2, 0.25) is 0 Å². The van der Waals surface area contributed by atoms with E-state index >= 15 is 0 Å². The van der Waals surface area contributed by atoms with Gasteiger partial charge in [0.1, 0.15) is 11.8 Å². The maximum absolute atomic E-state index is 13.1. The first-order valence-electron chi connectivity index (χ1n) is 11.9. The molecule has 0 aliphatic carbocycles. The molecule has 7 nitrogen and oxygen atoms in total. The molecule has 1 fully saturated rings. The highest BCUT2D eigenvalue weighted by Gasteiger charge is 2.34. The van der Waals surface area contributed by atoms with Crippen LogP contribution in [0.1, 0.15) is 53.0 Å². The number of amides is 3. The van der Waals surface area contributed by atoms with Gasteiger partial charge in [0.25, 0.3) is 11.8 Å². The molecule has 0 radical (unpaired) electrons. The Morgan fingerprint density at radius 2 is 1.68 bits per heavy atom. The van der Waals surface area contributed by atoms with Crippen molar-refractivity contribution < 1.29 is 19.1 Å². The van der Waals surface area contributed by atoms with Crippen molar-refractivity contribution in [2.45, 2.75) is 39.7 Å². The number of likely N-dealkylation sites (tertiary alicyclic amines) is 1. The summed E-state index contributed by atoms with van der Waals surface area (Å²) in [4.78, 5) is 40.8. The van der Waals surface area contributed by atoms with Gasteiger partial charge in [-0.05, 0) is 67.5 Å². The van der Waals surface area contributed by atoms with Crippen molar-refractivity contribution in [3.05, 3.63) is 65.2 Å². The topological polar surface area (TPSA) is 87.7 Å². The molecule has 1 aliphatic rings. The van der Waals surface area contributed by atoms with E-state index in [9.17, 15) is 14.4 Å². The maximum Gasteiger partial charge on any atom is 0.254 e. The Morgan fingerprint density at radius 3 is 2.26 bits per heavy atom. The molecular weight excluding hydrogens is 430 g/mol. The second-order valence-electron chi connectivity index (χ2n) is 9.26. The van der Waals surface area contributed by atoms with Gasteiger partial charge in [-0.25, -0.2) is 0 Å². The highest BCUT2D eigenvalue weighted by atomic mass is 16.5. The third-order valence-corrected chi connectivity index (χ3v) is 6.28. The van der Waals surface area contributed by atoms with E-state index in [2.05, 4.69) is 10.6 Å². The van der Waals surface area contributed by atoms with Crippen molar-refractivity contribution in [1.82, 2.24) is 15.5 Å². The standard InChI is InChI=1S/C27H35N3O4/c1-18(2)17-28-26(32)24(29-25(31)21-9-11-22(34-4)12-10-21)20-13-15-30(16-14-20)27(33)23-8-6-5-7-19(23)3/h5-12,18,20,24H,13-17H2,1-4H3,(H,28,32)(H,29,31)/t24-/m0/s1. The summed E-state index contributed by atoms with van der Waals surface area (Å²) in [6.07, 6.45) is 1.28. The average Bonchev–Trinajstić information content (AvgIpc) is 2.85. The van der Waals surface area contributed by atoms with Crippen molar-refractivity contribution in [2.24, 2.45) is 11.8 Å². The van der Waals surface area contributed by atoms with Gasteiger partial charge in [-0.3, -0.25) is 14.4 Å². The van der Waals surface area contributed by atoms with E-state index in [0.717, 1.165) is 5.56 Å². The fourth-order valence-electron chi connectivity index (χ4n) is 4.20. The summed E-state index contributed by atoms with van der Waals surface area (Å²) < 4.78 is 5.16. The molecule has 3 rings (SSSR count). The monoisotopic (exact) mass is 465 g/mol. The average molecular weight is 466 g/mol. The first kappa shape index (κ1) is 25.3. The Balaban J connectivity index is 1.69. The fourth-order valence-corrected chi connectivity index (χ4v) is 4.20. The molecule has 1 saturated heterocycles. The Morgan fingerprint density at radius 1 is 1.03 bits per heavy atom. The van der Waals surface area contributed by atoms with Gasteiger partial charge in [0, 0.05) is 30.8 Å². The molecule has 2 aromatic carbocycles. The van der Waals surface area contributed by atoms with Crippen LogP contribution < -0.4 is 15.4 Å². The van der Waals surface area contributed by atoms with Gasteiger partial charge in [-0.2, -0.15) is 0 Å². The molecule has 3 amide bonds. The zero-order chi connectivity index (χ0) is 24.7. The molecule has 2 aromatic rings. The SMILES string of the molecule is COc1ccc(C(=O)N[C@H](C(=O)NCC(C)C)C2CCN(C(=O)c3ccccc3C)CC2)cc1. The molecule has 0 aromatic heterocycles. The third kappa shape index (κ3) is 6.37. The zero-order valence-corrected chi connectivity index (χ0v) is 20.5. The second-order valence-corrected chi connectivity index (χ2v) is 9.26. The Hall–Kier alpha value is -3.35. The van der Waals surface area contributed by atoms with Crippen LogP contribution in [0.15, 0.2) is 48.5 Å². The van der Waals surface area contributed by atoms with Crippen molar-refractivity contribution in [3.8, 4) is 5.75 Å². The Labute approximate surface area is 201 Å². The van der Waals surface area contributed by atoms with Crippen molar-refractivity contribution in [2.75, 3.05) is 26.7 Å². The van der Waals surface area contributed by atoms with Gasteiger partial charge in [-0.15, -0.1) is 0 Å². The number of nitrogens with zero attached hydrogens (tertiary/aromatic N) is 1. The van der Waals surface area contributed by atoms with E-state index in [1.807, 2.05) is 49.9 Å². The van der Waals surface area contributed by atoms with E-state index in [1.54, 1.807) is 31.4 Å². The van der Waals surface area contributed by atoms with Gasteiger partial charge < -0.3 is 20.3 Å². The van der Waals surface area contributed by atoms with Crippen LogP contribution in [0.5, 0.6) is 5.75 Å². The molecule has 0 spiro atoms. The predicted octanol–water partition coefficient (Wildman–Crippen LogP) is 3.43. The largest absolute Gasteiger partial charge is 0.497 e. The minimum absolute atomic E-state index is 0.0135. The molecule has 0 bridgehead atoms. The van der Waals surface area contributed by atoms with Gasteiger partial charge in [0.2, 0.25) is 5.91 Å². The number of nitrogens with one attached hydrogen (secondary N) is 2. The van der Waals surface area contributed by atoms with E-state index in [-0.39, 0.29) is 23.6 Å². The van der Waals surface area contributed by atoms with Crippen molar-refractivity contribution in [1.29, 1.82) is 0 Å². The molecule has 2 N–H and O–H groups in total. The molecule has 0 saturated carbocycles. The van der Waals surface area contributed by atoms with Crippen molar-refractivity contribution >= 4 is 17.7 Å². The third-order valence-electron chi connectivity index (χ3n) is 6.28. The second kappa shape index (κ2) is 11.7. The van der Waals surface area contributed by atoms with Gasteiger partial charge in [0.05, 0.1) is 7.11 Å². The first-order valence-corrected chi connectivity index (χ1v) is 11.9. The molecular formula is C27H35N3O4. The molecule has 1 atom stereocenters. The van der Waals surface area contributed by atoms with Gasteiger partial charge in [0.15, 0.2) is 0 Å². The van der Waals surface area contributed by atoms with E-state index < -0.39 is 6.04 Å². The lowest BCUT2D eigenvalue weighted by Crippen LogP contribution is -2.54. The fraction of sp³-hybridized carbons (Fsp3) is 0.444. The number of piperidine rings is 1. The Kier molecular flexibility index (Phi) is 8.68. The summed E-state index contributed by atoms with van der Waals surface area (Å²) in [5, 5.41) is 5.92. The van der Waals surface area contributed by atoms with Crippen LogP contribution in [0, 0.1) is 18.8 Å². The molecule has 7 heteroatoms. The summed E-state index contributed by atoms with van der Waals surface area (Å²) >= 11 is 0. The van der Waals surface area contributed by atoms with E-state index in [4.69, 9.17) is 4.74 Å². The molecule has 1 heterocycles. The summed E-state index contributed by atoms with van der Waals surface area (Å²) in [7, 11) is 1.57. The summed E-state index contributed by atoms with van der Waals surface area (Å²) in [5.41, 5.74) is 2.13. The molecule has 182 valence electrons. The number of hydrogen-bond donors (Lipinski definition) is 2. The summed E-state index contributed by atoms with van der Waals surface area (Å²) in [5.74, 6) is 0.434. The lowest BCUT2D eigenvalue weighted by atomic mass is 9.88. The highest BCUT2D eigenvalue weighted by Crippen LogP contribution is 2.24. The maximum atomic E-state index is 13.1. The van der Waals surface area contributed by atoms with Crippen LogP contribution in [0.25, 0.3) is 0 Å². The summed E-state index contributed by atoms with van der Waals surface area (Å²) in [6, 6.07) is 13.7. The van der Waals surface area contributed by atoms with Crippen LogP contribution in [0.4, 0.5) is 0 Å². The van der Waals surface area contributed by atoms with Crippen LogP contribution in [-0.4, -0.2) is 55.4 Å². The molecule has 0 unspecified atom stereocenters. The molecule has 1 aliphatic heterocycles. The van der Waals surface area contributed by atoms with Crippen LogP contribution >= 0.6 is 0 Å². The minimum atomic E-state index is -0.663. The zero-order valence-electron chi connectivity index (χ0n) is 20.5. The molecule has 34 heavy (non-hydrogen) atoms. The van der Waals surface area contributed by atoms with Crippen LogP contribution in [0.3, 0.4) is 0 Å². The number of aryl methyl sites for hydroxylation is 1. The number of carbonyl (C=O) groups is 3. The number of rotatable bonds is 8. The summed E-state index contributed by atoms with van der Waals surface area (Å²) in [6.45, 7) is 7.62. The van der Waals surface area contributed by atoms with Crippen molar-refractivity contribution in [3.63, 3.8) is 0 Å². The van der Waals surface area contributed by atoms with Crippen LogP contribution in [-0.2, 0) is 4.79 Å². The minimum Gasteiger partial charge on any atom is -0.497 e. The first-order chi connectivity index (χ1) is 16.3.